The highest BCUT2D eigenvalue weighted by atomic mass is 32.2. The van der Waals surface area contributed by atoms with Crippen LogP contribution < -0.4 is 16.1 Å². The summed E-state index contributed by atoms with van der Waals surface area (Å²) in [4.78, 5) is 50.4. The van der Waals surface area contributed by atoms with Crippen LogP contribution >= 0.6 is 23.5 Å². The quantitative estimate of drug-likeness (QED) is 0.454. The Labute approximate surface area is 190 Å². The first kappa shape index (κ1) is 26.6. The summed E-state index contributed by atoms with van der Waals surface area (Å²) in [6, 6.07) is -0.740. The monoisotopic (exact) mass is 474 g/mol. The average molecular weight is 475 g/mol. The number of carbonyl (C=O) groups is 4. The molecule has 0 radical (unpaired) electrons. The van der Waals surface area contributed by atoms with Crippen LogP contribution in [0.4, 0.5) is 9.59 Å². The predicted octanol–water partition coefficient (Wildman–Crippen LogP) is 0.280. The fraction of sp³-hybridized carbons (Fsp3) is 0.588. The van der Waals surface area contributed by atoms with E-state index in [1.54, 1.807) is 34.3 Å². The number of hydrazone groups is 1. The third-order valence-electron chi connectivity index (χ3n) is 3.68. The molecule has 3 N–H and O–H groups in total. The fourth-order valence-electron chi connectivity index (χ4n) is 2.04. The van der Waals surface area contributed by atoms with Gasteiger partial charge in [-0.05, 0) is 23.5 Å². The van der Waals surface area contributed by atoms with Crippen LogP contribution in [-0.4, -0.2) is 102 Å². The van der Waals surface area contributed by atoms with Crippen LogP contribution in [0.5, 0.6) is 0 Å². The van der Waals surface area contributed by atoms with Crippen molar-refractivity contribution in [2.45, 2.75) is 13.8 Å². The van der Waals surface area contributed by atoms with E-state index >= 15 is 0 Å². The normalized spacial score (nSPS) is 13.1. The van der Waals surface area contributed by atoms with Gasteiger partial charge in [-0.25, -0.2) is 9.59 Å². The summed E-state index contributed by atoms with van der Waals surface area (Å²) < 4.78 is 0. The molecule has 0 aromatic heterocycles. The van der Waals surface area contributed by atoms with Crippen LogP contribution in [0.15, 0.2) is 16.2 Å². The molecule has 12 nitrogen and oxygen atoms in total. The number of hydrogen-bond acceptors (Lipinski definition) is 10. The first-order valence-corrected chi connectivity index (χ1v) is 11.1. The zero-order chi connectivity index (χ0) is 23.6. The van der Waals surface area contributed by atoms with E-state index in [2.05, 4.69) is 21.2 Å². The molecule has 4 amide bonds. The Kier molecular flexibility index (Phi) is 11.2. The average Bonchev–Trinajstić information content (AvgIpc) is 2.70. The van der Waals surface area contributed by atoms with Gasteiger partial charge in [0.2, 0.25) is 10.2 Å². The third-order valence-corrected chi connectivity index (χ3v) is 5.26. The van der Waals surface area contributed by atoms with Gasteiger partial charge in [0.05, 0.1) is 13.1 Å². The minimum atomic E-state index is -0.372. The highest BCUT2D eigenvalue weighted by Gasteiger charge is 2.22. The summed E-state index contributed by atoms with van der Waals surface area (Å²) in [7, 11) is 6.32. The molecule has 14 heteroatoms. The minimum absolute atomic E-state index is 0.152. The molecule has 0 spiro atoms. The smallest absolute Gasteiger partial charge is 0.317 e. The Hall–Kier alpha value is -2.45. The predicted molar refractivity (Wildman–Crippen MR) is 123 cm³/mol. The molecule has 0 saturated carbocycles. The van der Waals surface area contributed by atoms with Crippen molar-refractivity contribution in [3.05, 3.63) is 11.1 Å². The second kappa shape index (κ2) is 13.1. The number of carbonyl (C=O) groups excluding carboxylic acids is 4. The van der Waals surface area contributed by atoms with E-state index in [0.717, 1.165) is 23.5 Å². The highest BCUT2D eigenvalue weighted by molar-refractivity contribution is 8.26. The molecular weight excluding hydrogens is 444 g/mol. The standard InChI is InChI=1S/C17H30N8O4S2/c1-7-24(8-2)25-20-12(30-14(26)10-18-16(28)22(3)4)9-13(21-25)31-15(27)11-19-17(29)23(5)6/h9,20H,7-8,10-11H2,1-6H3,(H,18,28)(H,19,29). The van der Waals surface area contributed by atoms with Crippen molar-refractivity contribution in [3.63, 3.8) is 0 Å². The van der Waals surface area contributed by atoms with Gasteiger partial charge < -0.3 is 20.4 Å². The zero-order valence-corrected chi connectivity index (χ0v) is 20.2. The van der Waals surface area contributed by atoms with Gasteiger partial charge in [-0.2, -0.15) is 5.01 Å². The van der Waals surface area contributed by atoms with E-state index in [1.165, 1.54) is 15.0 Å². The number of hydrogen-bond donors (Lipinski definition) is 3. The van der Waals surface area contributed by atoms with Crippen LogP contribution in [0, 0.1) is 0 Å². The lowest BCUT2D eigenvalue weighted by atomic mass is 10.6. The number of nitrogens with one attached hydrogen (secondary N) is 3. The van der Waals surface area contributed by atoms with Crippen molar-refractivity contribution in [1.82, 2.24) is 36.1 Å². The van der Waals surface area contributed by atoms with Gasteiger partial charge in [-0.3, -0.25) is 15.0 Å². The van der Waals surface area contributed by atoms with E-state index < -0.39 is 0 Å². The van der Waals surface area contributed by atoms with Crippen LogP contribution in [0.3, 0.4) is 0 Å². The van der Waals surface area contributed by atoms with Crippen molar-refractivity contribution >= 4 is 50.9 Å². The molecule has 0 aromatic rings. The molecule has 174 valence electrons. The lowest BCUT2D eigenvalue weighted by Gasteiger charge is -2.34. The molecule has 0 saturated heterocycles. The molecule has 1 aliphatic rings. The lowest BCUT2D eigenvalue weighted by molar-refractivity contribution is -0.110. The molecule has 1 heterocycles. The Balaban J connectivity index is 2.83. The van der Waals surface area contributed by atoms with Gasteiger partial charge in [0.25, 0.3) is 0 Å². The molecule has 0 bridgehead atoms. The molecule has 31 heavy (non-hydrogen) atoms. The number of nitrogens with zero attached hydrogens (tertiary/aromatic N) is 5. The summed E-state index contributed by atoms with van der Waals surface area (Å²) in [6.07, 6.45) is 1.58. The Bertz CT molecular complexity index is 738. The lowest BCUT2D eigenvalue weighted by Crippen LogP contribution is -2.49. The van der Waals surface area contributed by atoms with Crippen molar-refractivity contribution in [2.24, 2.45) is 5.10 Å². The van der Waals surface area contributed by atoms with Crippen molar-refractivity contribution in [3.8, 4) is 0 Å². The van der Waals surface area contributed by atoms with E-state index in [-0.39, 0.29) is 35.4 Å². The SMILES string of the molecule is CCN(CC)N1N=C(SC(=O)CNC(=O)N(C)C)C=C(SC(=O)CNC(=O)N(C)C)N1. The highest BCUT2D eigenvalue weighted by Crippen LogP contribution is 2.22. The third kappa shape index (κ3) is 9.48. The Morgan fingerprint density at radius 3 is 1.87 bits per heavy atom. The van der Waals surface area contributed by atoms with Crippen LogP contribution in [0.1, 0.15) is 13.8 Å². The van der Waals surface area contributed by atoms with Gasteiger partial charge in [0, 0.05) is 47.4 Å². The largest absolute Gasteiger partial charge is 0.331 e. The van der Waals surface area contributed by atoms with Crippen molar-refractivity contribution < 1.29 is 19.2 Å². The number of thioether (sulfide) groups is 2. The Morgan fingerprint density at radius 1 is 0.935 bits per heavy atom. The molecular formula is C17H30N8O4S2. The molecule has 0 unspecified atom stereocenters. The van der Waals surface area contributed by atoms with Gasteiger partial charge in [0.15, 0.2) is 0 Å². The summed E-state index contributed by atoms with van der Waals surface area (Å²) in [5, 5.41) is 13.0. The first-order chi connectivity index (χ1) is 14.6. The molecule has 0 fully saturated rings. The van der Waals surface area contributed by atoms with Gasteiger partial charge in [0.1, 0.15) is 10.1 Å². The molecule has 0 aromatic carbocycles. The van der Waals surface area contributed by atoms with E-state index in [9.17, 15) is 19.2 Å². The molecule has 1 aliphatic heterocycles. The van der Waals surface area contributed by atoms with Crippen LogP contribution in [-0.2, 0) is 9.59 Å². The number of urea groups is 2. The second-order valence-corrected chi connectivity index (χ2v) is 8.72. The molecule has 1 rings (SSSR count). The van der Waals surface area contributed by atoms with E-state index in [4.69, 9.17) is 0 Å². The number of hydrazine groups is 2. The van der Waals surface area contributed by atoms with E-state index in [0.29, 0.717) is 23.2 Å². The summed E-state index contributed by atoms with van der Waals surface area (Å²) >= 11 is 1.76. The number of rotatable bonds is 8. The topological polar surface area (TPSA) is 130 Å². The van der Waals surface area contributed by atoms with Crippen molar-refractivity contribution in [1.29, 1.82) is 0 Å². The Morgan fingerprint density at radius 2 is 1.42 bits per heavy atom. The van der Waals surface area contributed by atoms with E-state index in [1.807, 2.05) is 18.9 Å². The second-order valence-electron chi connectivity index (χ2n) is 6.54. The minimum Gasteiger partial charge on any atom is -0.331 e. The summed E-state index contributed by atoms with van der Waals surface area (Å²) in [6.45, 7) is 4.86. The van der Waals surface area contributed by atoms with Crippen LogP contribution in [0.2, 0.25) is 0 Å². The van der Waals surface area contributed by atoms with Gasteiger partial charge in [-0.15, -0.1) is 10.3 Å². The summed E-state index contributed by atoms with van der Waals surface area (Å²) in [5.41, 5.74) is 3.02. The molecule has 0 atom stereocenters. The van der Waals surface area contributed by atoms with Crippen LogP contribution in [0.25, 0.3) is 0 Å². The number of amides is 4. The maximum absolute atomic E-state index is 12.3. The maximum atomic E-state index is 12.3. The first-order valence-electron chi connectivity index (χ1n) is 9.50. The zero-order valence-electron chi connectivity index (χ0n) is 18.6. The molecule has 0 aliphatic carbocycles. The fourth-order valence-corrected chi connectivity index (χ4v) is 3.48. The maximum Gasteiger partial charge on any atom is 0.317 e. The van der Waals surface area contributed by atoms with Gasteiger partial charge >= 0.3 is 12.1 Å². The summed E-state index contributed by atoms with van der Waals surface area (Å²) in [5.74, 6) is 0. The van der Waals surface area contributed by atoms with Gasteiger partial charge in [-0.1, -0.05) is 13.8 Å². The van der Waals surface area contributed by atoms with Crippen molar-refractivity contribution in [2.75, 3.05) is 54.4 Å².